The van der Waals surface area contributed by atoms with Gasteiger partial charge in [-0.3, -0.25) is 4.79 Å². The van der Waals surface area contributed by atoms with Crippen molar-refractivity contribution in [3.8, 4) is 0 Å². The van der Waals surface area contributed by atoms with Gasteiger partial charge in [-0.1, -0.05) is 27.7 Å². The van der Waals surface area contributed by atoms with Crippen molar-refractivity contribution in [2.75, 3.05) is 0 Å². The minimum atomic E-state index is -0.227. The van der Waals surface area contributed by atoms with Gasteiger partial charge in [-0.05, 0) is 18.8 Å². The van der Waals surface area contributed by atoms with Gasteiger partial charge in [-0.15, -0.1) is 0 Å². The van der Waals surface area contributed by atoms with Crippen LogP contribution in [0.2, 0.25) is 0 Å². The normalized spacial score (nSPS) is 20.6. The van der Waals surface area contributed by atoms with E-state index in [-0.39, 0.29) is 17.3 Å². The topological polar surface area (TPSA) is 26.3 Å². The lowest BCUT2D eigenvalue weighted by Crippen LogP contribution is -2.37. The molecule has 0 aromatic rings. The zero-order chi connectivity index (χ0) is 10.8. The standard InChI is InChI=1S/C12H20O2/c1-5-12(6-2)7-11(13)10(8-14-12)9(3)4/h8-9H,5-7H2,1-4H3. The van der Waals surface area contributed by atoms with Crippen LogP contribution < -0.4 is 0 Å². The van der Waals surface area contributed by atoms with Crippen LogP contribution in [0.3, 0.4) is 0 Å². The molecule has 0 saturated heterocycles. The lowest BCUT2D eigenvalue weighted by molar-refractivity contribution is -0.124. The zero-order valence-electron chi connectivity index (χ0n) is 9.59. The van der Waals surface area contributed by atoms with Crippen LogP contribution >= 0.6 is 0 Å². The number of ketones is 1. The fourth-order valence-corrected chi connectivity index (χ4v) is 1.82. The molecule has 0 saturated carbocycles. The van der Waals surface area contributed by atoms with Crippen molar-refractivity contribution in [2.45, 2.75) is 52.6 Å². The number of allylic oxidation sites excluding steroid dienone is 1. The van der Waals surface area contributed by atoms with Crippen LogP contribution in [-0.2, 0) is 9.53 Å². The quantitative estimate of drug-likeness (QED) is 0.693. The first-order valence-electron chi connectivity index (χ1n) is 5.45. The molecule has 1 heterocycles. The number of hydrogen-bond donors (Lipinski definition) is 0. The average molecular weight is 196 g/mol. The van der Waals surface area contributed by atoms with Gasteiger partial charge in [0.15, 0.2) is 5.78 Å². The van der Waals surface area contributed by atoms with E-state index in [9.17, 15) is 4.79 Å². The molecule has 0 spiro atoms. The third-order valence-corrected chi connectivity index (χ3v) is 3.15. The summed E-state index contributed by atoms with van der Waals surface area (Å²) in [6, 6.07) is 0. The minimum absolute atomic E-state index is 0.227. The first-order chi connectivity index (χ1) is 6.54. The molecule has 0 fully saturated rings. The third-order valence-electron chi connectivity index (χ3n) is 3.15. The summed E-state index contributed by atoms with van der Waals surface area (Å²) >= 11 is 0. The van der Waals surface area contributed by atoms with Crippen LogP contribution in [0.25, 0.3) is 0 Å². The number of hydrogen-bond acceptors (Lipinski definition) is 2. The van der Waals surface area contributed by atoms with Crippen LogP contribution in [0.5, 0.6) is 0 Å². The first-order valence-corrected chi connectivity index (χ1v) is 5.45. The molecule has 0 radical (unpaired) electrons. The molecule has 1 rings (SSSR count). The van der Waals surface area contributed by atoms with Crippen molar-refractivity contribution in [1.82, 2.24) is 0 Å². The second-order valence-corrected chi connectivity index (χ2v) is 4.34. The summed E-state index contributed by atoms with van der Waals surface area (Å²) in [4.78, 5) is 11.8. The Labute approximate surface area is 86.3 Å². The highest BCUT2D eigenvalue weighted by molar-refractivity contribution is 5.96. The van der Waals surface area contributed by atoms with E-state index in [1.165, 1.54) is 0 Å². The molecule has 0 bridgehead atoms. The minimum Gasteiger partial charge on any atom is -0.494 e. The maximum Gasteiger partial charge on any atom is 0.166 e. The van der Waals surface area contributed by atoms with Crippen molar-refractivity contribution < 1.29 is 9.53 Å². The largest absolute Gasteiger partial charge is 0.494 e. The van der Waals surface area contributed by atoms with Crippen molar-refractivity contribution in [3.63, 3.8) is 0 Å². The highest BCUT2D eigenvalue weighted by Gasteiger charge is 2.35. The van der Waals surface area contributed by atoms with Crippen LogP contribution in [0, 0.1) is 5.92 Å². The highest BCUT2D eigenvalue weighted by Crippen LogP contribution is 2.32. The van der Waals surface area contributed by atoms with E-state index in [0.717, 1.165) is 18.4 Å². The Bertz CT molecular complexity index is 247. The number of rotatable bonds is 3. The van der Waals surface area contributed by atoms with Crippen molar-refractivity contribution >= 4 is 5.78 Å². The Morgan fingerprint density at radius 2 is 2.00 bits per heavy atom. The van der Waals surface area contributed by atoms with Crippen LogP contribution in [0.15, 0.2) is 11.8 Å². The van der Waals surface area contributed by atoms with Crippen LogP contribution in [0.1, 0.15) is 47.0 Å². The zero-order valence-corrected chi connectivity index (χ0v) is 9.59. The van der Waals surface area contributed by atoms with Gasteiger partial charge in [0.25, 0.3) is 0 Å². The summed E-state index contributed by atoms with van der Waals surface area (Å²) in [5, 5.41) is 0. The second-order valence-electron chi connectivity index (χ2n) is 4.34. The summed E-state index contributed by atoms with van der Waals surface area (Å²) in [6.45, 7) is 8.20. The Hall–Kier alpha value is -0.790. The Balaban J connectivity index is 2.85. The first kappa shape index (κ1) is 11.3. The van der Waals surface area contributed by atoms with E-state index < -0.39 is 0 Å². The maximum atomic E-state index is 11.8. The van der Waals surface area contributed by atoms with Crippen molar-refractivity contribution in [2.24, 2.45) is 5.92 Å². The molecular formula is C12H20O2. The molecule has 0 unspecified atom stereocenters. The van der Waals surface area contributed by atoms with Gasteiger partial charge in [-0.25, -0.2) is 0 Å². The summed E-state index contributed by atoms with van der Waals surface area (Å²) in [5.74, 6) is 0.532. The molecule has 0 amide bonds. The SMILES string of the molecule is CCC1(CC)CC(=O)C(C(C)C)=CO1. The lowest BCUT2D eigenvalue weighted by Gasteiger charge is -2.35. The Morgan fingerprint density at radius 1 is 1.43 bits per heavy atom. The second kappa shape index (κ2) is 4.16. The predicted octanol–water partition coefficient (Wildman–Crippen LogP) is 3.07. The van der Waals surface area contributed by atoms with Gasteiger partial charge >= 0.3 is 0 Å². The number of carbonyl (C=O) groups is 1. The van der Waals surface area contributed by atoms with Gasteiger partial charge in [0.1, 0.15) is 5.60 Å². The lowest BCUT2D eigenvalue weighted by atomic mass is 9.84. The predicted molar refractivity (Wildman–Crippen MR) is 56.9 cm³/mol. The van der Waals surface area contributed by atoms with E-state index in [0.29, 0.717) is 6.42 Å². The number of Topliss-reactive ketones (excluding diaryl/α,β-unsaturated/α-hetero) is 1. The van der Waals surface area contributed by atoms with Gasteiger partial charge < -0.3 is 4.74 Å². The molecule has 1 aliphatic heterocycles. The Morgan fingerprint density at radius 3 is 2.36 bits per heavy atom. The Kier molecular flexibility index (Phi) is 3.35. The van der Waals surface area contributed by atoms with E-state index in [2.05, 4.69) is 13.8 Å². The summed E-state index contributed by atoms with van der Waals surface area (Å²) < 4.78 is 5.73. The summed E-state index contributed by atoms with van der Waals surface area (Å²) in [7, 11) is 0. The highest BCUT2D eigenvalue weighted by atomic mass is 16.5. The molecule has 0 aliphatic carbocycles. The van der Waals surface area contributed by atoms with E-state index in [4.69, 9.17) is 4.74 Å². The fourth-order valence-electron chi connectivity index (χ4n) is 1.82. The van der Waals surface area contributed by atoms with Crippen molar-refractivity contribution in [3.05, 3.63) is 11.8 Å². The molecule has 0 aromatic heterocycles. The van der Waals surface area contributed by atoms with Crippen LogP contribution in [0.4, 0.5) is 0 Å². The molecule has 0 aromatic carbocycles. The smallest absolute Gasteiger partial charge is 0.166 e. The molecule has 2 nitrogen and oxygen atoms in total. The van der Waals surface area contributed by atoms with E-state index in [1.54, 1.807) is 6.26 Å². The summed E-state index contributed by atoms with van der Waals surface area (Å²) in [5.41, 5.74) is 0.609. The molecule has 0 N–H and O–H groups in total. The fraction of sp³-hybridized carbons (Fsp3) is 0.750. The average Bonchev–Trinajstić information content (AvgIpc) is 2.17. The molecule has 1 aliphatic rings. The van der Waals surface area contributed by atoms with Gasteiger partial charge in [0, 0.05) is 5.57 Å². The number of carbonyl (C=O) groups excluding carboxylic acids is 1. The monoisotopic (exact) mass is 196 g/mol. The van der Waals surface area contributed by atoms with Crippen LogP contribution in [-0.4, -0.2) is 11.4 Å². The van der Waals surface area contributed by atoms with Gasteiger partial charge in [0.2, 0.25) is 0 Å². The van der Waals surface area contributed by atoms with Crippen molar-refractivity contribution in [1.29, 1.82) is 0 Å². The van der Waals surface area contributed by atoms with Gasteiger partial charge in [0.05, 0.1) is 12.7 Å². The van der Waals surface area contributed by atoms with E-state index >= 15 is 0 Å². The number of ether oxygens (including phenoxy) is 1. The third kappa shape index (κ3) is 1.99. The molecule has 2 heteroatoms. The molecular weight excluding hydrogens is 176 g/mol. The summed E-state index contributed by atoms with van der Waals surface area (Å²) in [6.07, 6.45) is 4.03. The maximum absolute atomic E-state index is 11.8. The van der Waals surface area contributed by atoms with Gasteiger partial charge in [-0.2, -0.15) is 0 Å². The molecule has 80 valence electrons. The van der Waals surface area contributed by atoms with E-state index in [1.807, 2.05) is 13.8 Å². The molecule has 14 heavy (non-hydrogen) atoms. The molecule has 0 atom stereocenters.